The summed E-state index contributed by atoms with van der Waals surface area (Å²) in [6.07, 6.45) is 0.326. The maximum atomic E-state index is 12.9. The molecule has 0 aromatic heterocycles. The number of rotatable bonds is 2. The molecule has 2 aliphatic heterocycles. The molecule has 0 aliphatic carbocycles. The summed E-state index contributed by atoms with van der Waals surface area (Å²) < 4.78 is 0. The highest BCUT2D eigenvalue weighted by Crippen LogP contribution is 2.43. The molecular weight excluding hydrogens is 378 g/mol. The molecule has 1 unspecified atom stereocenters. The van der Waals surface area contributed by atoms with Crippen LogP contribution in [-0.4, -0.2) is 23.4 Å². The molecule has 0 bridgehead atoms. The van der Waals surface area contributed by atoms with Crippen molar-refractivity contribution in [1.29, 1.82) is 5.26 Å². The molecule has 2 aromatic carbocycles. The van der Waals surface area contributed by atoms with Crippen LogP contribution in [0.3, 0.4) is 0 Å². The fraction of sp³-hybridized carbons (Fsp3) is 0.238. The predicted molar refractivity (Wildman–Crippen MR) is 109 cm³/mol. The van der Waals surface area contributed by atoms with E-state index in [-0.39, 0.29) is 11.8 Å². The molecule has 2 heterocycles. The van der Waals surface area contributed by atoms with Crippen molar-refractivity contribution in [3.05, 3.63) is 75.3 Å². The minimum atomic E-state index is -0.162. The number of nitrogens with zero attached hydrogens (tertiary/aromatic N) is 3. The Bertz CT molecular complexity index is 964. The van der Waals surface area contributed by atoms with E-state index in [1.165, 1.54) is 0 Å². The SMILES string of the molecule is Cc1ccccc1C1CC(=O)N2CN(c3ccc(Cl)cc3)CSC2=C1C#N. The Kier molecular flexibility index (Phi) is 4.86. The molecular formula is C21H18ClN3OS. The zero-order valence-electron chi connectivity index (χ0n) is 14.9. The molecule has 1 amide bonds. The van der Waals surface area contributed by atoms with Gasteiger partial charge in [-0.1, -0.05) is 47.6 Å². The number of thioether (sulfide) groups is 1. The fourth-order valence-electron chi connectivity index (χ4n) is 3.62. The van der Waals surface area contributed by atoms with E-state index in [0.29, 0.717) is 29.6 Å². The summed E-state index contributed by atoms with van der Waals surface area (Å²) >= 11 is 7.53. The lowest BCUT2D eigenvalue weighted by Crippen LogP contribution is -2.47. The van der Waals surface area contributed by atoms with Crippen LogP contribution in [-0.2, 0) is 4.79 Å². The van der Waals surface area contributed by atoms with E-state index < -0.39 is 0 Å². The topological polar surface area (TPSA) is 47.3 Å². The number of nitriles is 1. The second kappa shape index (κ2) is 7.30. The molecule has 2 aliphatic rings. The van der Waals surface area contributed by atoms with Crippen molar-refractivity contribution >= 4 is 35.0 Å². The summed E-state index contributed by atoms with van der Waals surface area (Å²) in [5.74, 6) is 0.583. The summed E-state index contributed by atoms with van der Waals surface area (Å²) in [6.45, 7) is 2.48. The Morgan fingerprint density at radius 1 is 1.19 bits per heavy atom. The molecule has 27 heavy (non-hydrogen) atoms. The molecule has 0 N–H and O–H groups in total. The van der Waals surface area contributed by atoms with E-state index in [1.54, 1.807) is 16.7 Å². The lowest BCUT2D eigenvalue weighted by atomic mass is 9.84. The number of benzene rings is 2. The van der Waals surface area contributed by atoms with Gasteiger partial charge in [-0.25, -0.2) is 0 Å². The van der Waals surface area contributed by atoms with Gasteiger partial charge in [-0.15, -0.1) is 0 Å². The first kappa shape index (κ1) is 18.0. The molecule has 6 heteroatoms. The number of carbonyl (C=O) groups excluding carboxylic acids is 1. The Balaban J connectivity index is 1.68. The van der Waals surface area contributed by atoms with Gasteiger partial charge in [-0.2, -0.15) is 5.26 Å². The van der Waals surface area contributed by atoms with Gasteiger partial charge in [0.25, 0.3) is 0 Å². The van der Waals surface area contributed by atoms with Gasteiger partial charge in [0, 0.05) is 23.0 Å². The number of carbonyl (C=O) groups is 1. The molecule has 4 nitrogen and oxygen atoms in total. The molecule has 0 radical (unpaired) electrons. The number of halogens is 1. The quantitative estimate of drug-likeness (QED) is 0.727. The summed E-state index contributed by atoms with van der Waals surface area (Å²) in [5, 5.41) is 11.3. The first-order valence-corrected chi connectivity index (χ1v) is 10.1. The van der Waals surface area contributed by atoms with Crippen LogP contribution in [0.15, 0.2) is 59.1 Å². The molecule has 2 aromatic rings. The van der Waals surface area contributed by atoms with Crippen LogP contribution >= 0.6 is 23.4 Å². The average molecular weight is 396 g/mol. The van der Waals surface area contributed by atoms with Crippen molar-refractivity contribution in [2.75, 3.05) is 17.4 Å². The fourth-order valence-corrected chi connectivity index (χ4v) is 4.91. The highest BCUT2D eigenvalue weighted by atomic mass is 35.5. The predicted octanol–water partition coefficient (Wildman–Crippen LogP) is 4.87. The molecule has 1 fully saturated rings. The first-order valence-electron chi connectivity index (χ1n) is 8.72. The van der Waals surface area contributed by atoms with Crippen LogP contribution in [0.2, 0.25) is 5.02 Å². The summed E-state index contributed by atoms with van der Waals surface area (Å²) in [4.78, 5) is 16.8. The van der Waals surface area contributed by atoms with E-state index >= 15 is 0 Å². The van der Waals surface area contributed by atoms with E-state index in [2.05, 4.69) is 11.0 Å². The van der Waals surface area contributed by atoms with E-state index in [0.717, 1.165) is 21.8 Å². The second-order valence-corrected chi connectivity index (χ2v) is 8.07. The maximum absolute atomic E-state index is 12.9. The van der Waals surface area contributed by atoms with Crippen molar-refractivity contribution < 1.29 is 4.79 Å². The van der Waals surface area contributed by atoms with E-state index in [4.69, 9.17) is 11.6 Å². The number of anilines is 1. The minimum absolute atomic E-state index is 0.0587. The van der Waals surface area contributed by atoms with Gasteiger partial charge in [0.2, 0.25) is 5.91 Å². The van der Waals surface area contributed by atoms with Crippen LogP contribution in [0.4, 0.5) is 5.69 Å². The van der Waals surface area contributed by atoms with Crippen molar-refractivity contribution in [2.45, 2.75) is 19.3 Å². The Morgan fingerprint density at radius 3 is 2.63 bits per heavy atom. The van der Waals surface area contributed by atoms with Crippen molar-refractivity contribution in [3.8, 4) is 6.07 Å². The van der Waals surface area contributed by atoms with Crippen molar-refractivity contribution in [2.24, 2.45) is 0 Å². The average Bonchev–Trinajstić information content (AvgIpc) is 2.69. The van der Waals surface area contributed by atoms with Gasteiger partial charge in [-0.3, -0.25) is 9.69 Å². The van der Waals surface area contributed by atoms with E-state index in [9.17, 15) is 10.1 Å². The van der Waals surface area contributed by atoms with Crippen LogP contribution in [0, 0.1) is 18.3 Å². The van der Waals surface area contributed by atoms with Gasteiger partial charge in [0.05, 0.1) is 29.2 Å². The number of hydrogen-bond acceptors (Lipinski definition) is 4. The van der Waals surface area contributed by atoms with Crippen LogP contribution in [0.25, 0.3) is 0 Å². The zero-order chi connectivity index (χ0) is 19.0. The van der Waals surface area contributed by atoms with Crippen molar-refractivity contribution in [3.63, 3.8) is 0 Å². The highest BCUT2D eigenvalue weighted by molar-refractivity contribution is 8.03. The lowest BCUT2D eigenvalue weighted by Gasteiger charge is -2.42. The zero-order valence-corrected chi connectivity index (χ0v) is 16.4. The molecule has 0 spiro atoms. The molecule has 1 saturated heterocycles. The number of hydrogen-bond donors (Lipinski definition) is 0. The third-order valence-electron chi connectivity index (χ3n) is 5.05. The third kappa shape index (κ3) is 3.31. The molecule has 1 atom stereocenters. The van der Waals surface area contributed by atoms with Crippen LogP contribution in [0.5, 0.6) is 0 Å². The van der Waals surface area contributed by atoms with E-state index in [1.807, 2.05) is 55.5 Å². The number of amides is 1. The first-order chi connectivity index (χ1) is 13.1. The Morgan fingerprint density at radius 2 is 1.93 bits per heavy atom. The standard InChI is InChI=1S/C21H18ClN3OS/c1-14-4-2-3-5-17(14)18-10-20(26)25-12-24(13-27-21(25)19(18)11-23)16-8-6-15(22)7-9-16/h2-9,18H,10,12-13H2,1H3. The summed E-state index contributed by atoms with van der Waals surface area (Å²) in [5.41, 5.74) is 3.89. The number of fused-ring (bicyclic) bond motifs is 1. The normalized spacial score (nSPS) is 19.7. The van der Waals surface area contributed by atoms with Gasteiger partial charge in [0.1, 0.15) is 0 Å². The largest absolute Gasteiger partial charge is 0.344 e. The van der Waals surface area contributed by atoms with Gasteiger partial charge in [-0.05, 0) is 42.3 Å². The van der Waals surface area contributed by atoms with Crippen LogP contribution < -0.4 is 4.90 Å². The highest BCUT2D eigenvalue weighted by Gasteiger charge is 2.38. The Labute approximate surface area is 168 Å². The lowest BCUT2D eigenvalue weighted by molar-refractivity contribution is -0.129. The van der Waals surface area contributed by atoms with Crippen LogP contribution in [0.1, 0.15) is 23.5 Å². The van der Waals surface area contributed by atoms with Crippen molar-refractivity contribution in [1.82, 2.24) is 4.90 Å². The third-order valence-corrected chi connectivity index (χ3v) is 6.46. The van der Waals surface area contributed by atoms with Gasteiger partial charge >= 0.3 is 0 Å². The number of aryl methyl sites for hydroxylation is 1. The summed E-state index contributed by atoms with van der Waals surface area (Å²) in [6, 6.07) is 18.0. The Hall–Kier alpha value is -2.42. The minimum Gasteiger partial charge on any atom is -0.344 e. The summed E-state index contributed by atoms with van der Waals surface area (Å²) in [7, 11) is 0. The monoisotopic (exact) mass is 395 g/mol. The van der Waals surface area contributed by atoms with Gasteiger partial charge in [0.15, 0.2) is 0 Å². The molecule has 0 saturated carbocycles. The molecule has 4 rings (SSSR count). The smallest absolute Gasteiger partial charge is 0.229 e. The maximum Gasteiger partial charge on any atom is 0.229 e. The number of allylic oxidation sites excluding steroid dienone is 1. The second-order valence-electron chi connectivity index (χ2n) is 6.70. The van der Waals surface area contributed by atoms with Gasteiger partial charge < -0.3 is 4.90 Å². The molecule has 136 valence electrons.